The lowest BCUT2D eigenvalue weighted by molar-refractivity contribution is -0.354. The zero-order valence-electron chi connectivity index (χ0n) is 10.0. The van der Waals surface area contributed by atoms with Crippen LogP contribution in [-0.4, -0.2) is 16.7 Å². The van der Waals surface area contributed by atoms with E-state index in [0.29, 0.717) is 11.3 Å². The van der Waals surface area contributed by atoms with Crippen molar-refractivity contribution in [2.75, 3.05) is 0 Å². The number of Topliss-reactive ketones (excluding diaryl/α,β-unsaturated/α-hetero) is 1. The minimum absolute atomic E-state index is 0.0172. The smallest absolute Gasteiger partial charge is 0.216 e. The molecular formula is C15H13NO2. The van der Waals surface area contributed by atoms with Gasteiger partial charge >= 0.3 is 0 Å². The second kappa shape index (κ2) is 5.27. The standard InChI is InChI=1S/C15H13NO2/c1-12(17)14-9-7-13(8-10-14)11-16(18)15-5-3-2-4-6-15/h2-11H,1H3. The molecule has 2 aromatic rings. The van der Waals surface area contributed by atoms with Crippen molar-refractivity contribution in [3.63, 3.8) is 0 Å². The second-order valence-corrected chi connectivity index (χ2v) is 3.97. The summed E-state index contributed by atoms with van der Waals surface area (Å²) in [6.07, 6.45) is 1.49. The fourth-order valence-corrected chi connectivity index (χ4v) is 1.59. The Morgan fingerprint density at radius 3 is 2.22 bits per heavy atom. The van der Waals surface area contributed by atoms with Crippen molar-refractivity contribution in [1.82, 2.24) is 0 Å². The van der Waals surface area contributed by atoms with E-state index in [1.165, 1.54) is 13.1 Å². The van der Waals surface area contributed by atoms with E-state index >= 15 is 0 Å². The van der Waals surface area contributed by atoms with Gasteiger partial charge in [0.2, 0.25) is 5.69 Å². The quantitative estimate of drug-likeness (QED) is 0.271. The lowest BCUT2D eigenvalue weighted by Crippen LogP contribution is -1.99. The van der Waals surface area contributed by atoms with E-state index < -0.39 is 0 Å². The zero-order valence-corrected chi connectivity index (χ0v) is 10.0. The van der Waals surface area contributed by atoms with E-state index in [0.717, 1.165) is 10.3 Å². The molecule has 0 aliphatic heterocycles. The Hall–Kier alpha value is -2.42. The maximum Gasteiger partial charge on any atom is 0.216 e. The summed E-state index contributed by atoms with van der Waals surface area (Å²) in [6, 6.07) is 15.9. The van der Waals surface area contributed by atoms with Crippen molar-refractivity contribution in [2.45, 2.75) is 6.92 Å². The molecule has 18 heavy (non-hydrogen) atoms. The van der Waals surface area contributed by atoms with Crippen LogP contribution in [0.3, 0.4) is 0 Å². The highest BCUT2D eigenvalue weighted by atomic mass is 16.5. The normalized spacial score (nSPS) is 11.3. The summed E-state index contributed by atoms with van der Waals surface area (Å²) in [5.74, 6) is 0.0172. The van der Waals surface area contributed by atoms with Gasteiger partial charge in [-0.1, -0.05) is 30.3 Å². The number of nitrogens with zero attached hydrogens (tertiary/aromatic N) is 1. The summed E-state index contributed by atoms with van der Waals surface area (Å²) in [5.41, 5.74) is 1.98. The zero-order chi connectivity index (χ0) is 13.0. The molecule has 0 spiro atoms. The average Bonchev–Trinajstić information content (AvgIpc) is 2.40. The summed E-state index contributed by atoms with van der Waals surface area (Å²) < 4.78 is 0.808. The molecule has 0 aliphatic rings. The molecule has 3 nitrogen and oxygen atoms in total. The number of para-hydroxylation sites is 1. The van der Waals surface area contributed by atoms with Gasteiger partial charge in [0, 0.05) is 23.3 Å². The molecular weight excluding hydrogens is 226 g/mol. The van der Waals surface area contributed by atoms with Crippen molar-refractivity contribution in [1.29, 1.82) is 0 Å². The summed E-state index contributed by atoms with van der Waals surface area (Å²) in [6.45, 7) is 1.52. The second-order valence-electron chi connectivity index (χ2n) is 3.97. The highest BCUT2D eigenvalue weighted by Crippen LogP contribution is 2.10. The van der Waals surface area contributed by atoms with Crippen LogP contribution < -0.4 is 0 Å². The monoisotopic (exact) mass is 239 g/mol. The predicted octanol–water partition coefficient (Wildman–Crippen LogP) is 3.15. The number of rotatable bonds is 3. The summed E-state index contributed by atoms with van der Waals surface area (Å²) in [4.78, 5) is 11.1. The molecule has 0 amide bonds. The average molecular weight is 239 g/mol. The third-order valence-corrected chi connectivity index (χ3v) is 2.59. The molecule has 3 heteroatoms. The lowest BCUT2D eigenvalue weighted by atomic mass is 10.1. The molecule has 0 aromatic heterocycles. The molecule has 0 fully saturated rings. The number of hydrogen-bond donors (Lipinski definition) is 0. The summed E-state index contributed by atoms with van der Waals surface area (Å²) in [7, 11) is 0. The molecule has 0 bridgehead atoms. The minimum atomic E-state index is 0.0172. The molecule has 0 heterocycles. The van der Waals surface area contributed by atoms with Crippen molar-refractivity contribution in [3.8, 4) is 0 Å². The van der Waals surface area contributed by atoms with Crippen LogP contribution in [0.15, 0.2) is 54.6 Å². The van der Waals surface area contributed by atoms with Gasteiger partial charge in [-0.2, -0.15) is 4.74 Å². The topological polar surface area (TPSA) is 43.1 Å². The van der Waals surface area contributed by atoms with Gasteiger partial charge in [0.25, 0.3) is 0 Å². The minimum Gasteiger partial charge on any atom is -0.618 e. The van der Waals surface area contributed by atoms with Crippen LogP contribution >= 0.6 is 0 Å². The van der Waals surface area contributed by atoms with Crippen LogP contribution in [0, 0.1) is 5.21 Å². The number of ketones is 1. The molecule has 0 atom stereocenters. The molecule has 0 saturated carbocycles. The van der Waals surface area contributed by atoms with Crippen LogP contribution in [0.1, 0.15) is 22.8 Å². The van der Waals surface area contributed by atoms with Crippen LogP contribution in [0.25, 0.3) is 0 Å². The van der Waals surface area contributed by atoms with Gasteiger partial charge in [-0.15, -0.1) is 0 Å². The summed E-state index contributed by atoms with van der Waals surface area (Å²) in [5, 5.41) is 11.8. The number of carbonyl (C=O) groups is 1. The van der Waals surface area contributed by atoms with Gasteiger partial charge in [0.05, 0.1) is 0 Å². The van der Waals surface area contributed by atoms with E-state index in [9.17, 15) is 10.0 Å². The Morgan fingerprint density at radius 2 is 1.67 bits per heavy atom. The molecule has 0 N–H and O–H groups in total. The van der Waals surface area contributed by atoms with Crippen LogP contribution in [0.4, 0.5) is 5.69 Å². The Bertz CT molecular complexity index is 571. The van der Waals surface area contributed by atoms with Gasteiger partial charge in [-0.25, -0.2) is 0 Å². The third-order valence-electron chi connectivity index (χ3n) is 2.59. The van der Waals surface area contributed by atoms with E-state index in [4.69, 9.17) is 0 Å². The van der Waals surface area contributed by atoms with Crippen molar-refractivity contribution in [3.05, 3.63) is 70.9 Å². The largest absolute Gasteiger partial charge is 0.618 e. The first kappa shape index (κ1) is 12.0. The first-order valence-corrected chi connectivity index (χ1v) is 5.64. The van der Waals surface area contributed by atoms with Gasteiger partial charge in [-0.05, 0) is 19.1 Å². The van der Waals surface area contributed by atoms with Crippen molar-refractivity contribution < 1.29 is 9.53 Å². The molecule has 0 unspecified atom stereocenters. The predicted molar refractivity (Wildman–Crippen MR) is 71.3 cm³/mol. The number of benzene rings is 2. The third kappa shape index (κ3) is 2.83. The number of carbonyl (C=O) groups excluding carboxylic acids is 1. The van der Waals surface area contributed by atoms with Crippen LogP contribution in [0.2, 0.25) is 0 Å². The first-order valence-electron chi connectivity index (χ1n) is 5.64. The fraction of sp³-hybridized carbons (Fsp3) is 0.0667. The summed E-state index contributed by atoms with van der Waals surface area (Å²) >= 11 is 0. The van der Waals surface area contributed by atoms with E-state index in [2.05, 4.69) is 0 Å². The molecule has 0 aliphatic carbocycles. The lowest BCUT2D eigenvalue weighted by Gasteiger charge is -2.02. The van der Waals surface area contributed by atoms with E-state index in [1.807, 2.05) is 18.2 Å². The van der Waals surface area contributed by atoms with Crippen LogP contribution in [0.5, 0.6) is 0 Å². The van der Waals surface area contributed by atoms with E-state index in [-0.39, 0.29) is 5.78 Å². The highest BCUT2D eigenvalue weighted by molar-refractivity contribution is 5.94. The Morgan fingerprint density at radius 1 is 1.06 bits per heavy atom. The maximum absolute atomic E-state index is 11.8. The van der Waals surface area contributed by atoms with Gasteiger partial charge in [0.15, 0.2) is 12.0 Å². The van der Waals surface area contributed by atoms with Crippen LogP contribution in [-0.2, 0) is 0 Å². The molecule has 2 aromatic carbocycles. The van der Waals surface area contributed by atoms with Crippen molar-refractivity contribution >= 4 is 17.7 Å². The Balaban J connectivity index is 2.25. The SMILES string of the molecule is CC(=O)c1ccc(C=[N+]([O-])c2ccccc2)cc1. The van der Waals surface area contributed by atoms with Gasteiger partial charge < -0.3 is 5.21 Å². The Labute approximate surface area is 106 Å². The molecule has 0 radical (unpaired) electrons. The Kier molecular flexibility index (Phi) is 3.53. The van der Waals surface area contributed by atoms with E-state index in [1.54, 1.807) is 36.4 Å². The maximum atomic E-state index is 11.8. The highest BCUT2D eigenvalue weighted by Gasteiger charge is 2.02. The molecule has 2 rings (SSSR count). The van der Waals surface area contributed by atoms with Gasteiger partial charge in [0.1, 0.15) is 0 Å². The van der Waals surface area contributed by atoms with Gasteiger partial charge in [-0.3, -0.25) is 4.79 Å². The molecule has 0 saturated heterocycles. The van der Waals surface area contributed by atoms with Crippen molar-refractivity contribution in [2.24, 2.45) is 0 Å². The number of hydrogen-bond acceptors (Lipinski definition) is 2. The first-order chi connectivity index (χ1) is 8.66. The fourth-order valence-electron chi connectivity index (χ4n) is 1.59. The molecule has 90 valence electrons.